The number of benzene rings is 2. The van der Waals surface area contributed by atoms with E-state index in [1.54, 1.807) is 30.5 Å². The van der Waals surface area contributed by atoms with Crippen molar-refractivity contribution < 1.29 is 13.0 Å². The Bertz CT molecular complexity index is 941. The maximum absolute atomic E-state index is 11.0. The maximum atomic E-state index is 11.0. The molecule has 0 aliphatic carbocycles. The predicted molar refractivity (Wildman–Crippen MR) is 86.3 cm³/mol. The number of hydrogen-bond acceptors (Lipinski definition) is 4. The number of nitrogens with zero attached hydrogens (tertiary/aromatic N) is 1. The zero-order valence-electron chi connectivity index (χ0n) is 11.2. The molecule has 0 aliphatic rings. The number of fused-ring (bicyclic) bond motifs is 1. The molecule has 1 aromatic heterocycles. The molecule has 0 bridgehead atoms. The molecule has 0 unspecified atom stereocenters. The van der Waals surface area contributed by atoms with Crippen molar-refractivity contribution in [3.8, 4) is 0 Å². The summed E-state index contributed by atoms with van der Waals surface area (Å²) in [5, 5.41) is 5.55. The van der Waals surface area contributed by atoms with E-state index >= 15 is 0 Å². The van der Waals surface area contributed by atoms with E-state index < -0.39 is 10.1 Å². The summed E-state index contributed by atoms with van der Waals surface area (Å²) in [6, 6.07) is 13.1. The monoisotopic (exact) mass is 334 g/mol. The molecule has 0 aliphatic heterocycles. The average Bonchev–Trinajstić information content (AvgIpc) is 2.47. The van der Waals surface area contributed by atoms with E-state index in [1.807, 2.05) is 12.1 Å². The molecule has 112 valence electrons. The topological polar surface area (TPSA) is 79.3 Å². The molecule has 0 fully saturated rings. The maximum Gasteiger partial charge on any atom is 0.294 e. The molecule has 3 rings (SSSR count). The molecule has 22 heavy (non-hydrogen) atoms. The SMILES string of the molecule is O=S(=O)(O)c1ccc(Nc2nccc3ccc(Cl)cc23)cc1. The Kier molecular flexibility index (Phi) is 3.74. The van der Waals surface area contributed by atoms with E-state index in [2.05, 4.69) is 10.3 Å². The third-order valence-electron chi connectivity index (χ3n) is 3.14. The molecule has 2 aromatic carbocycles. The molecule has 0 saturated carbocycles. The van der Waals surface area contributed by atoms with Gasteiger partial charge in [0.15, 0.2) is 0 Å². The fourth-order valence-corrected chi connectivity index (χ4v) is 2.74. The molecule has 0 amide bonds. The molecule has 0 atom stereocenters. The van der Waals surface area contributed by atoms with Crippen molar-refractivity contribution in [2.24, 2.45) is 0 Å². The van der Waals surface area contributed by atoms with E-state index in [-0.39, 0.29) is 4.90 Å². The fourth-order valence-electron chi connectivity index (χ4n) is 2.09. The van der Waals surface area contributed by atoms with Gasteiger partial charge in [-0.3, -0.25) is 4.55 Å². The molecule has 0 radical (unpaired) electrons. The average molecular weight is 335 g/mol. The highest BCUT2D eigenvalue weighted by Crippen LogP contribution is 2.27. The van der Waals surface area contributed by atoms with Crippen LogP contribution in [0, 0.1) is 0 Å². The van der Waals surface area contributed by atoms with Crippen LogP contribution in [0.4, 0.5) is 11.5 Å². The van der Waals surface area contributed by atoms with Crippen LogP contribution in [-0.4, -0.2) is 18.0 Å². The van der Waals surface area contributed by atoms with Crippen molar-refractivity contribution in [3.05, 3.63) is 59.8 Å². The molecule has 5 nitrogen and oxygen atoms in total. The number of pyridine rings is 1. The van der Waals surface area contributed by atoms with Crippen LogP contribution in [0.25, 0.3) is 10.8 Å². The van der Waals surface area contributed by atoms with E-state index in [0.717, 1.165) is 10.8 Å². The zero-order chi connectivity index (χ0) is 15.7. The van der Waals surface area contributed by atoms with Gasteiger partial charge in [-0.2, -0.15) is 8.42 Å². The van der Waals surface area contributed by atoms with Crippen molar-refractivity contribution in [2.45, 2.75) is 4.90 Å². The third kappa shape index (κ3) is 3.04. The second kappa shape index (κ2) is 5.57. The van der Waals surface area contributed by atoms with Gasteiger partial charge in [-0.05, 0) is 47.9 Å². The number of rotatable bonds is 3. The molecule has 7 heteroatoms. The number of nitrogens with one attached hydrogen (secondary N) is 1. The molecule has 1 heterocycles. The smallest absolute Gasteiger partial charge is 0.294 e. The molecule has 2 N–H and O–H groups in total. The Morgan fingerprint density at radius 1 is 1.05 bits per heavy atom. The first-order chi connectivity index (χ1) is 10.4. The Hall–Kier alpha value is -2.15. The van der Waals surface area contributed by atoms with E-state index in [1.165, 1.54) is 12.1 Å². The first-order valence-corrected chi connectivity index (χ1v) is 8.14. The first-order valence-electron chi connectivity index (χ1n) is 6.32. The minimum absolute atomic E-state index is 0.160. The van der Waals surface area contributed by atoms with Gasteiger partial charge in [-0.25, -0.2) is 4.98 Å². The Balaban J connectivity index is 1.98. The van der Waals surface area contributed by atoms with Crippen LogP contribution >= 0.6 is 11.6 Å². The second-order valence-corrected chi connectivity index (χ2v) is 6.51. The fraction of sp³-hybridized carbons (Fsp3) is 0. The third-order valence-corrected chi connectivity index (χ3v) is 4.25. The highest BCUT2D eigenvalue weighted by atomic mass is 35.5. The van der Waals surface area contributed by atoms with Crippen molar-refractivity contribution in [2.75, 3.05) is 5.32 Å². The lowest BCUT2D eigenvalue weighted by Gasteiger charge is -2.09. The summed E-state index contributed by atoms with van der Waals surface area (Å²) in [7, 11) is -4.19. The molecule has 3 aromatic rings. The Labute approximate surface area is 132 Å². The molecular formula is C15H11ClN2O3S. The minimum Gasteiger partial charge on any atom is -0.340 e. The summed E-state index contributed by atoms with van der Waals surface area (Å²) in [5.74, 6) is 0.611. The van der Waals surface area contributed by atoms with Crippen LogP contribution in [0.5, 0.6) is 0 Å². The largest absolute Gasteiger partial charge is 0.340 e. The summed E-state index contributed by atoms with van der Waals surface area (Å²) < 4.78 is 31.0. The molecular weight excluding hydrogens is 324 g/mol. The number of hydrogen-bond donors (Lipinski definition) is 2. The lowest BCUT2D eigenvalue weighted by Crippen LogP contribution is -1.99. The normalized spacial score (nSPS) is 11.5. The van der Waals surface area contributed by atoms with Crippen LogP contribution in [-0.2, 0) is 10.1 Å². The molecule has 0 saturated heterocycles. The minimum atomic E-state index is -4.19. The summed E-state index contributed by atoms with van der Waals surface area (Å²) in [5.41, 5.74) is 0.646. The van der Waals surface area contributed by atoms with Gasteiger partial charge in [-0.15, -0.1) is 0 Å². The lowest BCUT2D eigenvalue weighted by molar-refractivity contribution is 0.483. The van der Waals surface area contributed by atoms with Crippen molar-refractivity contribution in [1.82, 2.24) is 4.98 Å². The Morgan fingerprint density at radius 3 is 2.45 bits per heavy atom. The van der Waals surface area contributed by atoms with Crippen molar-refractivity contribution in [3.63, 3.8) is 0 Å². The van der Waals surface area contributed by atoms with Gasteiger partial charge in [0.05, 0.1) is 4.90 Å². The summed E-state index contributed by atoms with van der Waals surface area (Å²) in [4.78, 5) is 4.12. The first kappa shape index (κ1) is 14.8. The van der Waals surface area contributed by atoms with Crippen molar-refractivity contribution in [1.29, 1.82) is 0 Å². The van der Waals surface area contributed by atoms with Gasteiger partial charge in [0.1, 0.15) is 5.82 Å². The van der Waals surface area contributed by atoms with Gasteiger partial charge < -0.3 is 5.32 Å². The molecule has 0 spiro atoms. The van der Waals surface area contributed by atoms with Gasteiger partial charge in [0, 0.05) is 22.3 Å². The van der Waals surface area contributed by atoms with E-state index in [0.29, 0.717) is 16.5 Å². The zero-order valence-corrected chi connectivity index (χ0v) is 12.8. The van der Waals surface area contributed by atoms with E-state index in [4.69, 9.17) is 16.2 Å². The summed E-state index contributed by atoms with van der Waals surface area (Å²) in [6.07, 6.45) is 1.67. The quantitative estimate of drug-likeness (QED) is 0.710. The van der Waals surface area contributed by atoms with E-state index in [9.17, 15) is 8.42 Å². The summed E-state index contributed by atoms with van der Waals surface area (Å²) >= 11 is 6.01. The van der Waals surface area contributed by atoms with Crippen LogP contribution < -0.4 is 5.32 Å². The Morgan fingerprint density at radius 2 is 1.77 bits per heavy atom. The van der Waals surface area contributed by atoms with Gasteiger partial charge in [0.2, 0.25) is 0 Å². The predicted octanol–water partition coefficient (Wildman–Crippen LogP) is 3.88. The van der Waals surface area contributed by atoms with Gasteiger partial charge in [-0.1, -0.05) is 17.7 Å². The second-order valence-electron chi connectivity index (χ2n) is 4.65. The van der Waals surface area contributed by atoms with Crippen LogP contribution in [0.2, 0.25) is 5.02 Å². The number of halogens is 1. The highest BCUT2D eigenvalue weighted by molar-refractivity contribution is 7.85. The number of aromatic nitrogens is 1. The standard InChI is InChI=1S/C15H11ClN2O3S/c16-11-2-1-10-7-8-17-15(14(10)9-11)18-12-3-5-13(6-4-12)22(19,20)21/h1-9H,(H,17,18)(H,19,20,21). The number of anilines is 2. The van der Waals surface area contributed by atoms with Crippen LogP contribution in [0.15, 0.2) is 59.6 Å². The van der Waals surface area contributed by atoms with Gasteiger partial charge >= 0.3 is 0 Å². The summed E-state index contributed by atoms with van der Waals surface area (Å²) in [6.45, 7) is 0. The van der Waals surface area contributed by atoms with Crippen LogP contribution in [0.1, 0.15) is 0 Å². The van der Waals surface area contributed by atoms with Crippen LogP contribution in [0.3, 0.4) is 0 Å². The highest BCUT2D eigenvalue weighted by Gasteiger charge is 2.09. The lowest BCUT2D eigenvalue weighted by atomic mass is 10.1. The van der Waals surface area contributed by atoms with Crippen molar-refractivity contribution >= 4 is 44.0 Å². The van der Waals surface area contributed by atoms with Gasteiger partial charge in [0.25, 0.3) is 10.1 Å².